The summed E-state index contributed by atoms with van der Waals surface area (Å²) in [6.07, 6.45) is 3.76. The van der Waals surface area contributed by atoms with Gasteiger partial charge in [0.15, 0.2) is 6.29 Å². The molecular formula is C11H20O4. The fraction of sp³-hybridized carbons (Fsp3) is 1.00. The molecule has 4 heteroatoms. The Balaban J connectivity index is 1.63. The van der Waals surface area contributed by atoms with E-state index in [4.69, 9.17) is 14.2 Å². The molecule has 15 heavy (non-hydrogen) atoms. The topological polar surface area (TPSA) is 47.9 Å². The van der Waals surface area contributed by atoms with E-state index in [0.29, 0.717) is 25.7 Å². The summed E-state index contributed by atoms with van der Waals surface area (Å²) in [5.74, 6) is 0.319. The summed E-state index contributed by atoms with van der Waals surface area (Å²) in [6.45, 7) is 2.62. The number of ether oxygens (including phenoxy) is 3. The number of aliphatic hydroxyl groups is 1. The van der Waals surface area contributed by atoms with Crippen LogP contribution in [0.1, 0.15) is 25.7 Å². The Morgan fingerprint density at radius 3 is 2.93 bits per heavy atom. The largest absolute Gasteiger partial charge is 0.391 e. The van der Waals surface area contributed by atoms with Gasteiger partial charge in [0.1, 0.15) is 0 Å². The second kappa shape index (κ2) is 5.80. The van der Waals surface area contributed by atoms with Crippen LogP contribution in [0, 0.1) is 5.92 Å². The molecule has 0 spiro atoms. The van der Waals surface area contributed by atoms with Crippen molar-refractivity contribution in [1.29, 1.82) is 0 Å². The molecule has 88 valence electrons. The molecular weight excluding hydrogens is 196 g/mol. The first-order valence-corrected chi connectivity index (χ1v) is 5.83. The Kier molecular flexibility index (Phi) is 4.38. The van der Waals surface area contributed by atoms with Gasteiger partial charge in [0, 0.05) is 12.5 Å². The molecule has 0 aliphatic carbocycles. The molecule has 0 aromatic heterocycles. The molecule has 1 N–H and O–H groups in total. The Labute approximate surface area is 90.5 Å². The summed E-state index contributed by atoms with van der Waals surface area (Å²) >= 11 is 0. The Hall–Kier alpha value is -0.160. The highest BCUT2D eigenvalue weighted by Gasteiger charge is 2.23. The predicted octanol–water partition coefficient (Wildman–Crippen LogP) is 0.927. The predicted molar refractivity (Wildman–Crippen MR) is 54.5 cm³/mol. The van der Waals surface area contributed by atoms with Crippen molar-refractivity contribution < 1.29 is 19.3 Å². The molecule has 0 saturated carbocycles. The third-order valence-corrected chi connectivity index (χ3v) is 2.92. The molecule has 0 aromatic rings. The molecule has 2 fully saturated rings. The van der Waals surface area contributed by atoms with Crippen molar-refractivity contribution in [2.24, 2.45) is 5.92 Å². The molecule has 2 rings (SSSR count). The molecule has 0 radical (unpaired) electrons. The van der Waals surface area contributed by atoms with Crippen molar-refractivity contribution >= 4 is 0 Å². The fourth-order valence-electron chi connectivity index (χ4n) is 2.09. The highest BCUT2D eigenvalue weighted by Crippen LogP contribution is 2.18. The average Bonchev–Trinajstić information content (AvgIpc) is 2.28. The van der Waals surface area contributed by atoms with E-state index >= 15 is 0 Å². The van der Waals surface area contributed by atoms with Crippen molar-refractivity contribution in [3.63, 3.8) is 0 Å². The number of hydrogen-bond donors (Lipinski definition) is 1. The first-order valence-electron chi connectivity index (χ1n) is 5.83. The minimum Gasteiger partial charge on any atom is -0.391 e. The minimum atomic E-state index is -0.320. The molecule has 2 saturated heterocycles. The molecule has 2 heterocycles. The van der Waals surface area contributed by atoms with E-state index in [2.05, 4.69) is 0 Å². The van der Waals surface area contributed by atoms with Crippen LogP contribution in [0.2, 0.25) is 0 Å². The lowest BCUT2D eigenvalue weighted by molar-refractivity contribution is -0.178. The first kappa shape index (κ1) is 11.3. The van der Waals surface area contributed by atoms with Crippen LogP contribution >= 0.6 is 0 Å². The monoisotopic (exact) mass is 216 g/mol. The number of aliphatic hydroxyl groups excluding tert-OH is 1. The third kappa shape index (κ3) is 3.72. The molecule has 0 bridgehead atoms. The minimum absolute atomic E-state index is 0.0298. The van der Waals surface area contributed by atoms with E-state index in [1.165, 1.54) is 6.42 Å². The van der Waals surface area contributed by atoms with Gasteiger partial charge in [-0.15, -0.1) is 0 Å². The van der Waals surface area contributed by atoms with Crippen LogP contribution in [0.25, 0.3) is 0 Å². The molecule has 3 atom stereocenters. The van der Waals surface area contributed by atoms with Gasteiger partial charge in [0.25, 0.3) is 0 Å². The van der Waals surface area contributed by atoms with Gasteiger partial charge in [-0.2, -0.15) is 0 Å². The van der Waals surface area contributed by atoms with Gasteiger partial charge in [-0.3, -0.25) is 0 Å². The Morgan fingerprint density at radius 2 is 2.20 bits per heavy atom. The summed E-state index contributed by atoms with van der Waals surface area (Å²) in [6, 6.07) is 0. The maximum atomic E-state index is 9.40. The molecule has 1 unspecified atom stereocenters. The van der Waals surface area contributed by atoms with Gasteiger partial charge in [0.2, 0.25) is 0 Å². The van der Waals surface area contributed by atoms with Crippen molar-refractivity contribution in [3.05, 3.63) is 0 Å². The number of rotatable bonds is 3. The van der Waals surface area contributed by atoms with Crippen molar-refractivity contribution in [2.45, 2.75) is 38.1 Å². The maximum absolute atomic E-state index is 9.40. The first-order chi connectivity index (χ1) is 7.34. The van der Waals surface area contributed by atoms with Crippen LogP contribution in [0.3, 0.4) is 0 Å². The number of hydrogen-bond acceptors (Lipinski definition) is 4. The average molecular weight is 216 g/mol. The molecule has 4 nitrogen and oxygen atoms in total. The van der Waals surface area contributed by atoms with Crippen molar-refractivity contribution in [3.8, 4) is 0 Å². The van der Waals surface area contributed by atoms with Crippen LogP contribution in [-0.4, -0.2) is 43.9 Å². The lowest BCUT2D eigenvalue weighted by Gasteiger charge is -2.29. The van der Waals surface area contributed by atoms with Crippen LogP contribution < -0.4 is 0 Å². The van der Waals surface area contributed by atoms with E-state index in [0.717, 1.165) is 25.9 Å². The van der Waals surface area contributed by atoms with E-state index < -0.39 is 0 Å². The van der Waals surface area contributed by atoms with Crippen molar-refractivity contribution in [1.82, 2.24) is 0 Å². The fourth-order valence-corrected chi connectivity index (χ4v) is 2.09. The van der Waals surface area contributed by atoms with Crippen LogP contribution in [0.5, 0.6) is 0 Å². The summed E-state index contributed by atoms with van der Waals surface area (Å²) in [5, 5.41) is 9.40. The standard InChI is InChI=1S/C11H20O4/c12-10-5-9(6-13-8-10)7-15-11-3-1-2-4-14-11/h9-12H,1-8H2/t9-,10+,11?/m1/s1. The smallest absolute Gasteiger partial charge is 0.157 e. The zero-order chi connectivity index (χ0) is 10.5. The molecule has 2 aliphatic rings. The highest BCUT2D eigenvalue weighted by atomic mass is 16.7. The Morgan fingerprint density at radius 1 is 1.27 bits per heavy atom. The van der Waals surface area contributed by atoms with E-state index in [-0.39, 0.29) is 12.4 Å². The lowest BCUT2D eigenvalue weighted by Crippen LogP contribution is -2.33. The van der Waals surface area contributed by atoms with E-state index in [1.54, 1.807) is 0 Å². The van der Waals surface area contributed by atoms with E-state index in [1.807, 2.05) is 0 Å². The zero-order valence-electron chi connectivity index (χ0n) is 9.06. The summed E-state index contributed by atoms with van der Waals surface area (Å²) < 4.78 is 16.4. The summed E-state index contributed by atoms with van der Waals surface area (Å²) in [5.41, 5.74) is 0. The molecule has 0 aromatic carbocycles. The second-order valence-corrected chi connectivity index (χ2v) is 4.42. The van der Waals surface area contributed by atoms with Gasteiger partial charge in [-0.25, -0.2) is 0 Å². The lowest BCUT2D eigenvalue weighted by atomic mass is 10.0. The van der Waals surface area contributed by atoms with E-state index in [9.17, 15) is 5.11 Å². The quantitative estimate of drug-likeness (QED) is 0.762. The second-order valence-electron chi connectivity index (χ2n) is 4.42. The van der Waals surface area contributed by atoms with Crippen LogP contribution in [0.4, 0.5) is 0 Å². The third-order valence-electron chi connectivity index (χ3n) is 2.92. The van der Waals surface area contributed by atoms with Gasteiger partial charge >= 0.3 is 0 Å². The van der Waals surface area contributed by atoms with Crippen LogP contribution in [-0.2, 0) is 14.2 Å². The normalized spacial score (nSPS) is 37.8. The molecule has 0 amide bonds. The van der Waals surface area contributed by atoms with Gasteiger partial charge < -0.3 is 19.3 Å². The summed E-state index contributed by atoms with van der Waals surface area (Å²) in [7, 11) is 0. The Bertz CT molecular complexity index is 179. The van der Waals surface area contributed by atoms with Gasteiger partial charge in [-0.05, 0) is 25.7 Å². The maximum Gasteiger partial charge on any atom is 0.157 e. The van der Waals surface area contributed by atoms with Crippen LogP contribution in [0.15, 0.2) is 0 Å². The van der Waals surface area contributed by atoms with Gasteiger partial charge in [-0.1, -0.05) is 0 Å². The highest BCUT2D eigenvalue weighted by molar-refractivity contribution is 4.69. The molecule has 2 aliphatic heterocycles. The summed E-state index contributed by atoms with van der Waals surface area (Å²) in [4.78, 5) is 0. The SMILES string of the molecule is O[C@@H]1COC[C@H](COC2CCCCO2)C1. The van der Waals surface area contributed by atoms with Gasteiger partial charge in [0.05, 0.1) is 25.9 Å². The zero-order valence-corrected chi connectivity index (χ0v) is 9.06. The van der Waals surface area contributed by atoms with Crippen molar-refractivity contribution in [2.75, 3.05) is 26.4 Å².